The molecule has 0 saturated carbocycles. The summed E-state index contributed by atoms with van der Waals surface area (Å²) in [5.74, 6) is 1.85. The Balaban J connectivity index is 1.55. The van der Waals surface area contributed by atoms with Crippen molar-refractivity contribution in [2.24, 2.45) is 0 Å². The molecular weight excluding hydrogens is 334 g/mol. The van der Waals surface area contributed by atoms with Crippen molar-refractivity contribution in [3.8, 4) is 5.75 Å². The molecule has 3 heteroatoms. The van der Waals surface area contributed by atoms with E-state index in [-0.39, 0.29) is 0 Å². The lowest BCUT2D eigenvalue weighted by Gasteiger charge is -2.15. The fourth-order valence-corrected chi connectivity index (χ4v) is 3.20. The molecule has 0 unspecified atom stereocenters. The van der Waals surface area contributed by atoms with Crippen molar-refractivity contribution in [3.05, 3.63) is 102 Å². The summed E-state index contributed by atoms with van der Waals surface area (Å²) in [5.41, 5.74) is 3.60. The Labute approximate surface area is 159 Å². The average molecular weight is 357 g/mol. The van der Waals surface area contributed by atoms with E-state index < -0.39 is 0 Å². The summed E-state index contributed by atoms with van der Waals surface area (Å²) in [4.78, 5) is 0. The fourth-order valence-electron chi connectivity index (χ4n) is 3.20. The topological polar surface area (TPSA) is 34.4 Å². The van der Waals surface area contributed by atoms with Gasteiger partial charge in [0.1, 0.15) is 18.1 Å². The second-order valence-electron chi connectivity index (χ2n) is 6.72. The number of nitrogens with one attached hydrogen (secondary N) is 1. The highest BCUT2D eigenvalue weighted by atomic mass is 16.5. The Morgan fingerprint density at radius 1 is 0.852 bits per heavy atom. The highest BCUT2D eigenvalue weighted by Gasteiger charge is 2.09. The van der Waals surface area contributed by atoms with E-state index in [1.807, 2.05) is 12.1 Å². The van der Waals surface area contributed by atoms with Crippen molar-refractivity contribution in [1.82, 2.24) is 5.32 Å². The maximum atomic E-state index is 6.20. The largest absolute Gasteiger partial charge is 0.489 e. The van der Waals surface area contributed by atoms with E-state index in [1.54, 1.807) is 6.26 Å². The van der Waals surface area contributed by atoms with Gasteiger partial charge in [-0.15, -0.1) is 0 Å². The summed E-state index contributed by atoms with van der Waals surface area (Å²) < 4.78 is 11.6. The van der Waals surface area contributed by atoms with E-state index in [0.717, 1.165) is 11.5 Å². The SMILES string of the molecule is Cc1ccc(COc2ccc3ccccc3c2CNCc2ccco2)cc1. The van der Waals surface area contributed by atoms with Crippen LogP contribution >= 0.6 is 0 Å². The maximum Gasteiger partial charge on any atom is 0.124 e. The molecule has 3 nitrogen and oxygen atoms in total. The zero-order valence-electron chi connectivity index (χ0n) is 15.4. The lowest BCUT2D eigenvalue weighted by atomic mass is 10.0. The molecule has 1 aromatic heterocycles. The summed E-state index contributed by atoms with van der Waals surface area (Å²) >= 11 is 0. The molecule has 0 atom stereocenters. The number of hydrogen-bond acceptors (Lipinski definition) is 3. The van der Waals surface area contributed by atoms with Gasteiger partial charge >= 0.3 is 0 Å². The molecule has 0 aliphatic carbocycles. The Morgan fingerprint density at radius 2 is 1.70 bits per heavy atom. The van der Waals surface area contributed by atoms with E-state index in [1.165, 1.54) is 27.5 Å². The van der Waals surface area contributed by atoms with Gasteiger partial charge in [-0.1, -0.05) is 60.2 Å². The van der Waals surface area contributed by atoms with Gasteiger partial charge in [0.05, 0.1) is 12.8 Å². The fraction of sp³-hybridized carbons (Fsp3) is 0.167. The lowest BCUT2D eigenvalue weighted by Crippen LogP contribution is -2.13. The molecule has 4 rings (SSSR count). The highest BCUT2D eigenvalue weighted by molar-refractivity contribution is 5.87. The molecule has 0 bridgehead atoms. The standard InChI is InChI=1S/C24H23NO2/c1-18-8-10-19(11-9-18)17-27-24-13-12-20-5-2-3-7-22(20)23(24)16-25-15-21-6-4-14-26-21/h2-14,25H,15-17H2,1H3. The molecule has 0 saturated heterocycles. The molecule has 0 amide bonds. The molecule has 1 heterocycles. The number of aryl methyl sites for hydroxylation is 1. The highest BCUT2D eigenvalue weighted by Crippen LogP contribution is 2.29. The summed E-state index contributed by atoms with van der Waals surface area (Å²) in [6.45, 7) is 4.06. The quantitative estimate of drug-likeness (QED) is 0.467. The Bertz CT molecular complexity index is 1000. The van der Waals surface area contributed by atoms with Crippen molar-refractivity contribution in [2.45, 2.75) is 26.6 Å². The zero-order chi connectivity index (χ0) is 18.5. The number of fused-ring (bicyclic) bond motifs is 1. The van der Waals surface area contributed by atoms with E-state index >= 15 is 0 Å². The number of furan rings is 1. The zero-order valence-corrected chi connectivity index (χ0v) is 15.4. The van der Waals surface area contributed by atoms with Crippen LogP contribution in [0.25, 0.3) is 10.8 Å². The number of hydrogen-bond donors (Lipinski definition) is 1. The van der Waals surface area contributed by atoms with Crippen LogP contribution in [0.5, 0.6) is 5.75 Å². The minimum atomic E-state index is 0.559. The van der Waals surface area contributed by atoms with E-state index in [2.05, 4.69) is 72.9 Å². The first-order valence-electron chi connectivity index (χ1n) is 9.22. The van der Waals surface area contributed by atoms with Gasteiger partial charge in [-0.3, -0.25) is 0 Å². The minimum absolute atomic E-state index is 0.559. The Morgan fingerprint density at radius 3 is 2.52 bits per heavy atom. The molecule has 0 aliphatic heterocycles. The van der Waals surface area contributed by atoms with Gasteiger partial charge in [0.15, 0.2) is 0 Å². The third kappa shape index (κ3) is 4.21. The summed E-state index contributed by atoms with van der Waals surface area (Å²) in [6.07, 6.45) is 1.70. The van der Waals surface area contributed by atoms with E-state index in [4.69, 9.17) is 9.15 Å². The van der Waals surface area contributed by atoms with Crippen molar-refractivity contribution >= 4 is 10.8 Å². The Kier molecular flexibility index (Phi) is 5.22. The molecular formula is C24H23NO2. The van der Waals surface area contributed by atoms with Crippen LogP contribution in [-0.2, 0) is 19.7 Å². The van der Waals surface area contributed by atoms with Crippen LogP contribution in [-0.4, -0.2) is 0 Å². The third-order valence-corrected chi connectivity index (χ3v) is 4.69. The van der Waals surface area contributed by atoms with Crippen LogP contribution in [0.3, 0.4) is 0 Å². The minimum Gasteiger partial charge on any atom is -0.489 e. The molecule has 0 radical (unpaired) electrons. The number of benzene rings is 3. The summed E-state index contributed by atoms with van der Waals surface area (Å²) in [7, 11) is 0. The third-order valence-electron chi connectivity index (χ3n) is 4.69. The van der Waals surface area contributed by atoms with Crippen LogP contribution in [0.1, 0.15) is 22.5 Å². The average Bonchev–Trinajstić information content (AvgIpc) is 3.22. The number of rotatable bonds is 7. The van der Waals surface area contributed by atoms with Gasteiger partial charge < -0.3 is 14.5 Å². The van der Waals surface area contributed by atoms with Gasteiger partial charge in [-0.2, -0.15) is 0 Å². The van der Waals surface area contributed by atoms with Crippen LogP contribution in [0.2, 0.25) is 0 Å². The lowest BCUT2D eigenvalue weighted by molar-refractivity contribution is 0.302. The van der Waals surface area contributed by atoms with Crippen LogP contribution < -0.4 is 10.1 Å². The maximum absolute atomic E-state index is 6.20. The van der Waals surface area contributed by atoms with Crippen LogP contribution in [0, 0.1) is 6.92 Å². The molecule has 3 aromatic carbocycles. The first-order chi connectivity index (χ1) is 13.3. The second-order valence-corrected chi connectivity index (χ2v) is 6.72. The van der Waals surface area contributed by atoms with E-state index in [9.17, 15) is 0 Å². The van der Waals surface area contributed by atoms with Crippen molar-refractivity contribution in [3.63, 3.8) is 0 Å². The van der Waals surface area contributed by atoms with Gasteiger partial charge in [-0.05, 0) is 41.5 Å². The smallest absolute Gasteiger partial charge is 0.124 e. The molecule has 0 aliphatic rings. The van der Waals surface area contributed by atoms with Gasteiger partial charge in [0.2, 0.25) is 0 Å². The molecule has 0 fully saturated rings. The second kappa shape index (κ2) is 8.11. The predicted octanol–water partition coefficient (Wildman–Crippen LogP) is 5.61. The van der Waals surface area contributed by atoms with Gasteiger partial charge in [0.25, 0.3) is 0 Å². The monoisotopic (exact) mass is 357 g/mol. The molecule has 27 heavy (non-hydrogen) atoms. The summed E-state index contributed by atoms with van der Waals surface area (Å²) in [6, 6.07) is 25.0. The van der Waals surface area contributed by atoms with Crippen LogP contribution in [0.4, 0.5) is 0 Å². The molecule has 4 aromatic rings. The van der Waals surface area contributed by atoms with Crippen molar-refractivity contribution in [1.29, 1.82) is 0 Å². The molecule has 1 N–H and O–H groups in total. The van der Waals surface area contributed by atoms with Gasteiger partial charge in [-0.25, -0.2) is 0 Å². The Hall–Kier alpha value is -3.04. The van der Waals surface area contributed by atoms with E-state index in [0.29, 0.717) is 19.7 Å². The first kappa shape index (κ1) is 17.4. The first-order valence-corrected chi connectivity index (χ1v) is 9.22. The molecule has 136 valence electrons. The van der Waals surface area contributed by atoms with Crippen molar-refractivity contribution in [2.75, 3.05) is 0 Å². The summed E-state index contributed by atoms with van der Waals surface area (Å²) in [5, 5.41) is 5.90. The number of ether oxygens (including phenoxy) is 1. The molecule has 0 spiro atoms. The normalized spacial score (nSPS) is 11.0. The predicted molar refractivity (Wildman–Crippen MR) is 109 cm³/mol. The van der Waals surface area contributed by atoms with Gasteiger partial charge in [0, 0.05) is 12.1 Å². The van der Waals surface area contributed by atoms with Crippen molar-refractivity contribution < 1.29 is 9.15 Å². The van der Waals surface area contributed by atoms with Crippen LogP contribution in [0.15, 0.2) is 83.5 Å².